The lowest BCUT2D eigenvalue weighted by Gasteiger charge is -2.31. The van der Waals surface area contributed by atoms with Crippen molar-refractivity contribution in [2.45, 2.75) is 5.41 Å². The maximum Gasteiger partial charge on any atom is 0.136 e. The summed E-state index contributed by atoms with van der Waals surface area (Å²) in [5.41, 5.74) is 25.1. The van der Waals surface area contributed by atoms with Gasteiger partial charge in [0, 0.05) is 27.4 Å². The molecule has 2 nitrogen and oxygen atoms in total. The average Bonchev–Trinajstić information content (AvgIpc) is 4.12. The number of anilines is 3. The van der Waals surface area contributed by atoms with Gasteiger partial charge in [-0.05, 0) is 125 Å². The minimum Gasteiger partial charge on any atom is -0.456 e. The van der Waals surface area contributed by atoms with Gasteiger partial charge in [-0.3, -0.25) is 0 Å². The Morgan fingerprint density at radius 2 is 0.791 bits per heavy atom. The molecule has 0 saturated heterocycles. The van der Waals surface area contributed by atoms with E-state index in [2.05, 4.69) is 235 Å². The molecule has 0 atom stereocenters. The molecule has 2 heteroatoms. The molecular formula is C65H39NO. The van der Waals surface area contributed by atoms with E-state index in [-0.39, 0.29) is 0 Å². The lowest BCUT2D eigenvalue weighted by atomic mass is 9.70. The fourth-order valence-corrected chi connectivity index (χ4v) is 12.5. The largest absolute Gasteiger partial charge is 0.456 e. The highest BCUT2D eigenvalue weighted by Crippen LogP contribution is 2.64. The maximum atomic E-state index is 6.35. The van der Waals surface area contributed by atoms with Crippen molar-refractivity contribution < 1.29 is 4.42 Å². The molecule has 3 aliphatic rings. The smallest absolute Gasteiger partial charge is 0.136 e. The van der Waals surface area contributed by atoms with E-state index in [1.54, 1.807) is 0 Å². The molecule has 11 aromatic carbocycles. The zero-order valence-corrected chi connectivity index (χ0v) is 36.4. The summed E-state index contributed by atoms with van der Waals surface area (Å²) in [4.78, 5) is 2.51. The maximum absolute atomic E-state index is 6.35. The lowest BCUT2D eigenvalue weighted by molar-refractivity contribution is 0.669. The molecule has 1 heterocycles. The van der Waals surface area contributed by atoms with Gasteiger partial charge in [0.15, 0.2) is 0 Å². The fourth-order valence-electron chi connectivity index (χ4n) is 12.5. The van der Waals surface area contributed by atoms with Crippen LogP contribution in [0.25, 0.3) is 99.5 Å². The van der Waals surface area contributed by atoms with Gasteiger partial charge in [0.1, 0.15) is 11.2 Å². The molecule has 3 aliphatic carbocycles. The number of para-hydroxylation sites is 2. The second-order valence-corrected chi connectivity index (χ2v) is 18.2. The number of fused-ring (bicyclic) bond motifs is 16. The van der Waals surface area contributed by atoms with Crippen LogP contribution in [0.1, 0.15) is 22.3 Å². The fraction of sp³-hybridized carbons (Fsp3) is 0.0154. The number of hydrogen-bond acceptors (Lipinski definition) is 2. The van der Waals surface area contributed by atoms with Crippen LogP contribution in [0.15, 0.2) is 241 Å². The molecule has 310 valence electrons. The van der Waals surface area contributed by atoms with E-state index in [4.69, 9.17) is 4.42 Å². The Hall–Kier alpha value is -8.72. The van der Waals surface area contributed by atoms with Gasteiger partial charge >= 0.3 is 0 Å². The first-order valence-corrected chi connectivity index (χ1v) is 23.3. The quantitative estimate of drug-likeness (QED) is 0.172. The predicted octanol–water partition coefficient (Wildman–Crippen LogP) is 17.5. The average molecular weight is 850 g/mol. The first kappa shape index (κ1) is 36.6. The van der Waals surface area contributed by atoms with Gasteiger partial charge in [-0.2, -0.15) is 0 Å². The van der Waals surface area contributed by atoms with Gasteiger partial charge < -0.3 is 9.32 Å². The molecule has 0 amide bonds. The zero-order valence-electron chi connectivity index (χ0n) is 36.4. The Morgan fingerprint density at radius 3 is 1.55 bits per heavy atom. The van der Waals surface area contributed by atoms with Gasteiger partial charge in [0.05, 0.1) is 16.8 Å². The number of hydrogen-bond donors (Lipinski definition) is 0. The van der Waals surface area contributed by atoms with E-state index < -0.39 is 5.41 Å². The first-order valence-electron chi connectivity index (χ1n) is 23.3. The summed E-state index contributed by atoms with van der Waals surface area (Å²) in [6.07, 6.45) is 0. The van der Waals surface area contributed by atoms with Crippen molar-refractivity contribution in [1.82, 2.24) is 0 Å². The number of nitrogens with zero attached hydrogens (tertiary/aromatic N) is 1. The molecular weight excluding hydrogens is 811 g/mol. The second kappa shape index (κ2) is 13.7. The Bertz CT molecular complexity index is 3980. The van der Waals surface area contributed by atoms with Crippen molar-refractivity contribution in [2.24, 2.45) is 0 Å². The summed E-state index contributed by atoms with van der Waals surface area (Å²) in [7, 11) is 0. The molecule has 0 bridgehead atoms. The van der Waals surface area contributed by atoms with Gasteiger partial charge in [-0.1, -0.05) is 200 Å². The zero-order chi connectivity index (χ0) is 43.8. The van der Waals surface area contributed by atoms with Crippen molar-refractivity contribution in [2.75, 3.05) is 4.90 Å². The van der Waals surface area contributed by atoms with Crippen molar-refractivity contribution in [1.29, 1.82) is 0 Å². The van der Waals surface area contributed by atoms with Crippen molar-refractivity contribution in [3.8, 4) is 66.8 Å². The second-order valence-electron chi connectivity index (χ2n) is 18.2. The SMILES string of the molecule is c1ccc2c(c1)-c1cccc3c(N(c4ccc(-c5cccc6oc7ccccc7c56)cc4)c4ccccc4-c4cccc5c4-c4ccccc4C54c5ccccc5-c5ccccc54)ccc-2c13. The van der Waals surface area contributed by atoms with E-state index in [1.165, 1.54) is 88.7 Å². The van der Waals surface area contributed by atoms with Gasteiger partial charge in [-0.15, -0.1) is 0 Å². The molecule has 1 spiro atoms. The molecule has 12 aromatic rings. The van der Waals surface area contributed by atoms with E-state index in [9.17, 15) is 0 Å². The standard InChI is InChI=1S/C65H39NO/c1-2-17-44-43(16-1)48-24-13-26-52-59(39-38-50(44)62(48)52)66(41-36-34-40(35-37-41)42-23-15-33-61-64(42)53-22-7-12-32-60(53)67-61)58-31-11-6-20-47(58)49-25-14-30-57-63(49)51-21-5-10-29-56(51)65(57)54-27-8-3-18-45(54)46-19-4-9-28-55(46)65/h1-39H. The number of furan rings is 1. The summed E-state index contributed by atoms with van der Waals surface area (Å²) < 4.78 is 6.35. The van der Waals surface area contributed by atoms with Gasteiger partial charge in [0.25, 0.3) is 0 Å². The van der Waals surface area contributed by atoms with E-state index in [0.29, 0.717) is 0 Å². The van der Waals surface area contributed by atoms with Crippen molar-refractivity contribution >= 4 is 49.8 Å². The van der Waals surface area contributed by atoms with Crippen LogP contribution in [0.5, 0.6) is 0 Å². The third kappa shape index (κ3) is 4.83. The van der Waals surface area contributed by atoms with Crippen LogP contribution in [0, 0.1) is 0 Å². The Balaban J connectivity index is 0.977. The van der Waals surface area contributed by atoms with Crippen molar-refractivity contribution in [3.05, 3.63) is 259 Å². The summed E-state index contributed by atoms with van der Waals surface area (Å²) in [5.74, 6) is 0. The molecule has 0 radical (unpaired) electrons. The topological polar surface area (TPSA) is 16.4 Å². The summed E-state index contributed by atoms with van der Waals surface area (Å²) in [6, 6.07) is 87.6. The normalized spacial score (nSPS) is 13.2. The molecule has 0 fully saturated rings. The Kier molecular flexibility index (Phi) is 7.46. The van der Waals surface area contributed by atoms with Crippen LogP contribution in [-0.4, -0.2) is 0 Å². The molecule has 0 N–H and O–H groups in total. The molecule has 15 rings (SSSR count). The van der Waals surface area contributed by atoms with E-state index in [1.807, 2.05) is 6.07 Å². The van der Waals surface area contributed by atoms with Crippen molar-refractivity contribution in [3.63, 3.8) is 0 Å². The van der Waals surface area contributed by atoms with E-state index >= 15 is 0 Å². The highest BCUT2D eigenvalue weighted by Gasteiger charge is 2.52. The summed E-state index contributed by atoms with van der Waals surface area (Å²) in [6.45, 7) is 0. The summed E-state index contributed by atoms with van der Waals surface area (Å²) >= 11 is 0. The molecule has 1 aromatic heterocycles. The molecule has 0 aliphatic heterocycles. The van der Waals surface area contributed by atoms with Crippen LogP contribution >= 0.6 is 0 Å². The van der Waals surface area contributed by atoms with Gasteiger partial charge in [0.2, 0.25) is 0 Å². The van der Waals surface area contributed by atoms with Crippen LogP contribution in [0.2, 0.25) is 0 Å². The minimum absolute atomic E-state index is 0.435. The van der Waals surface area contributed by atoms with Crippen LogP contribution in [0.4, 0.5) is 17.1 Å². The number of rotatable bonds is 5. The molecule has 0 saturated carbocycles. The molecule has 67 heavy (non-hydrogen) atoms. The predicted molar refractivity (Wildman–Crippen MR) is 278 cm³/mol. The lowest BCUT2D eigenvalue weighted by Crippen LogP contribution is -2.25. The third-order valence-corrected chi connectivity index (χ3v) is 15.1. The molecule has 0 unspecified atom stereocenters. The van der Waals surface area contributed by atoms with Crippen LogP contribution < -0.4 is 4.90 Å². The highest BCUT2D eigenvalue weighted by molar-refractivity contribution is 6.20. The van der Waals surface area contributed by atoms with Gasteiger partial charge in [-0.25, -0.2) is 0 Å². The number of benzene rings is 11. The third-order valence-electron chi connectivity index (χ3n) is 15.1. The minimum atomic E-state index is -0.435. The highest BCUT2D eigenvalue weighted by atomic mass is 16.3. The Labute approximate surface area is 388 Å². The first-order chi connectivity index (χ1) is 33.3. The Morgan fingerprint density at radius 1 is 0.284 bits per heavy atom. The summed E-state index contributed by atoms with van der Waals surface area (Å²) in [5, 5.41) is 4.80. The van der Waals surface area contributed by atoms with Crippen LogP contribution in [-0.2, 0) is 5.41 Å². The van der Waals surface area contributed by atoms with Crippen LogP contribution in [0.3, 0.4) is 0 Å². The monoisotopic (exact) mass is 849 g/mol. The van der Waals surface area contributed by atoms with E-state index in [0.717, 1.165) is 50.1 Å².